The summed E-state index contributed by atoms with van der Waals surface area (Å²) in [4.78, 5) is 43.0. The Kier molecular flexibility index (Phi) is 9.83. The SMILES string of the molecule is COC(=O)CCCC(CCC(=O)Nc1cc2ccccc2cn1)N(C)C(=O)NCc1cccc(C)c1O. The first kappa shape index (κ1) is 27.4. The molecule has 0 radical (unpaired) electrons. The number of fused-ring (bicyclic) bond motifs is 1. The second-order valence-electron chi connectivity index (χ2n) is 8.98. The lowest BCUT2D eigenvalue weighted by Gasteiger charge is -2.28. The van der Waals surface area contributed by atoms with E-state index in [0.717, 1.165) is 16.3 Å². The number of aromatic hydroxyl groups is 1. The third-order valence-electron chi connectivity index (χ3n) is 6.37. The van der Waals surface area contributed by atoms with Crippen LogP contribution in [0.1, 0.15) is 43.2 Å². The maximum absolute atomic E-state index is 12.9. The van der Waals surface area contributed by atoms with Gasteiger partial charge in [0.1, 0.15) is 11.6 Å². The Balaban J connectivity index is 1.60. The van der Waals surface area contributed by atoms with Crippen LogP contribution in [0.5, 0.6) is 5.75 Å². The van der Waals surface area contributed by atoms with Crippen molar-refractivity contribution in [1.82, 2.24) is 15.2 Å². The van der Waals surface area contributed by atoms with E-state index in [-0.39, 0.29) is 49.1 Å². The summed E-state index contributed by atoms with van der Waals surface area (Å²) in [6.45, 7) is 1.96. The standard InChI is InChI=1S/C28H34N4O5/c1-19-8-6-11-22(27(19)35)18-30-28(36)32(2)23(12-7-13-26(34)37-3)14-15-25(33)31-24-16-20-9-4-5-10-21(20)17-29-24/h4-6,8-11,16-17,23,35H,7,12-15,18H2,1-3H3,(H,30,36)(H,29,31,33). The van der Waals surface area contributed by atoms with E-state index in [2.05, 4.69) is 15.6 Å². The normalized spacial score (nSPS) is 11.5. The van der Waals surface area contributed by atoms with Gasteiger partial charge in [0.2, 0.25) is 5.91 Å². The Bertz CT molecular complexity index is 1250. The van der Waals surface area contributed by atoms with Crippen molar-refractivity contribution in [2.45, 2.75) is 51.6 Å². The number of nitrogens with zero attached hydrogens (tertiary/aromatic N) is 2. The van der Waals surface area contributed by atoms with Crippen LogP contribution < -0.4 is 10.6 Å². The number of carbonyl (C=O) groups excluding carboxylic acids is 3. The zero-order chi connectivity index (χ0) is 26.8. The lowest BCUT2D eigenvalue weighted by Crippen LogP contribution is -2.43. The molecule has 1 aromatic heterocycles. The van der Waals surface area contributed by atoms with Gasteiger partial charge in [0.25, 0.3) is 0 Å². The number of ether oxygens (including phenoxy) is 1. The Morgan fingerprint density at radius 2 is 1.81 bits per heavy atom. The number of amides is 3. The predicted molar refractivity (Wildman–Crippen MR) is 142 cm³/mol. The van der Waals surface area contributed by atoms with E-state index in [1.807, 2.05) is 36.4 Å². The Morgan fingerprint density at radius 1 is 1.05 bits per heavy atom. The molecule has 0 aliphatic carbocycles. The summed E-state index contributed by atoms with van der Waals surface area (Å²) in [7, 11) is 3.00. The lowest BCUT2D eigenvalue weighted by molar-refractivity contribution is -0.140. The Labute approximate surface area is 216 Å². The number of hydrogen-bond donors (Lipinski definition) is 3. The van der Waals surface area contributed by atoms with Crippen molar-refractivity contribution in [1.29, 1.82) is 0 Å². The summed E-state index contributed by atoms with van der Waals surface area (Å²) in [6, 6.07) is 14.3. The van der Waals surface area contributed by atoms with Gasteiger partial charge in [-0.05, 0) is 43.2 Å². The fourth-order valence-electron chi connectivity index (χ4n) is 4.09. The van der Waals surface area contributed by atoms with E-state index >= 15 is 0 Å². The van der Waals surface area contributed by atoms with Crippen LogP contribution in [-0.4, -0.2) is 53.1 Å². The quantitative estimate of drug-likeness (QED) is 0.329. The number of anilines is 1. The second kappa shape index (κ2) is 13.2. The third kappa shape index (κ3) is 7.93. The fourth-order valence-corrected chi connectivity index (χ4v) is 4.09. The highest BCUT2D eigenvalue weighted by Gasteiger charge is 2.22. The van der Waals surface area contributed by atoms with Gasteiger partial charge >= 0.3 is 12.0 Å². The van der Waals surface area contributed by atoms with Gasteiger partial charge in [-0.15, -0.1) is 0 Å². The number of phenols is 1. The summed E-state index contributed by atoms with van der Waals surface area (Å²) >= 11 is 0. The van der Waals surface area contributed by atoms with Gasteiger partial charge in [-0.25, -0.2) is 9.78 Å². The van der Waals surface area contributed by atoms with Crippen LogP contribution in [-0.2, 0) is 20.9 Å². The number of para-hydroxylation sites is 1. The molecule has 0 spiro atoms. The first-order valence-corrected chi connectivity index (χ1v) is 12.3. The van der Waals surface area contributed by atoms with Crippen LogP contribution in [0.25, 0.3) is 10.8 Å². The first-order valence-electron chi connectivity index (χ1n) is 12.3. The second-order valence-corrected chi connectivity index (χ2v) is 8.98. The van der Waals surface area contributed by atoms with Gasteiger partial charge in [-0.2, -0.15) is 0 Å². The Morgan fingerprint density at radius 3 is 2.57 bits per heavy atom. The number of methoxy groups -OCH3 is 1. The van der Waals surface area contributed by atoms with E-state index in [1.54, 1.807) is 37.2 Å². The molecule has 37 heavy (non-hydrogen) atoms. The van der Waals surface area contributed by atoms with Gasteiger partial charge in [0, 0.05) is 49.6 Å². The van der Waals surface area contributed by atoms with Crippen LogP contribution in [0.15, 0.2) is 54.7 Å². The number of carbonyl (C=O) groups is 3. The predicted octanol–water partition coefficient (Wildman–Crippen LogP) is 4.52. The van der Waals surface area contributed by atoms with Crippen molar-refractivity contribution in [3.05, 3.63) is 65.9 Å². The van der Waals surface area contributed by atoms with Gasteiger partial charge in [0.15, 0.2) is 0 Å². The number of aryl methyl sites for hydroxylation is 1. The van der Waals surface area contributed by atoms with Crippen molar-refractivity contribution < 1.29 is 24.2 Å². The van der Waals surface area contributed by atoms with E-state index in [4.69, 9.17) is 4.74 Å². The molecule has 0 aliphatic heterocycles. The summed E-state index contributed by atoms with van der Waals surface area (Å²) in [5.74, 6) is 0.0918. The summed E-state index contributed by atoms with van der Waals surface area (Å²) < 4.78 is 4.72. The van der Waals surface area contributed by atoms with Gasteiger partial charge in [-0.1, -0.05) is 42.5 Å². The molecule has 196 valence electrons. The van der Waals surface area contributed by atoms with Crippen molar-refractivity contribution in [3.63, 3.8) is 0 Å². The number of phenolic OH excluding ortho intramolecular Hbond substituents is 1. The zero-order valence-electron chi connectivity index (χ0n) is 21.5. The van der Waals surface area contributed by atoms with E-state index in [1.165, 1.54) is 7.11 Å². The maximum atomic E-state index is 12.9. The van der Waals surface area contributed by atoms with E-state index in [9.17, 15) is 19.5 Å². The summed E-state index contributed by atoms with van der Waals surface area (Å²) in [5, 5.41) is 17.8. The molecule has 3 N–H and O–H groups in total. The highest BCUT2D eigenvalue weighted by molar-refractivity contribution is 5.92. The van der Waals surface area contributed by atoms with Crippen LogP contribution >= 0.6 is 0 Å². The minimum atomic E-state index is -0.333. The molecule has 0 saturated heterocycles. The van der Waals surface area contributed by atoms with Gasteiger partial charge in [-0.3, -0.25) is 9.59 Å². The van der Waals surface area contributed by atoms with Crippen molar-refractivity contribution in [2.24, 2.45) is 0 Å². The number of rotatable bonds is 11. The molecule has 0 saturated carbocycles. The number of benzene rings is 2. The van der Waals surface area contributed by atoms with Crippen molar-refractivity contribution >= 4 is 34.5 Å². The molecule has 0 bridgehead atoms. The molecule has 3 amide bonds. The van der Waals surface area contributed by atoms with Crippen LogP contribution in [0.3, 0.4) is 0 Å². The number of pyridine rings is 1. The van der Waals surface area contributed by atoms with Crippen molar-refractivity contribution in [3.8, 4) is 5.75 Å². The molecular weight excluding hydrogens is 472 g/mol. The van der Waals surface area contributed by atoms with Crippen LogP contribution in [0.2, 0.25) is 0 Å². The Hall–Kier alpha value is -4.14. The minimum absolute atomic E-state index is 0.152. The molecule has 0 aliphatic rings. The average Bonchev–Trinajstić information content (AvgIpc) is 2.90. The molecule has 1 unspecified atom stereocenters. The van der Waals surface area contributed by atoms with Gasteiger partial charge < -0.3 is 25.4 Å². The molecule has 3 rings (SSSR count). The number of esters is 1. The summed E-state index contributed by atoms with van der Waals surface area (Å²) in [6.07, 6.45) is 3.56. The molecule has 1 atom stereocenters. The van der Waals surface area contributed by atoms with Gasteiger partial charge in [0.05, 0.1) is 7.11 Å². The number of urea groups is 1. The molecule has 9 heteroatoms. The van der Waals surface area contributed by atoms with Crippen molar-refractivity contribution in [2.75, 3.05) is 19.5 Å². The largest absolute Gasteiger partial charge is 0.507 e. The smallest absolute Gasteiger partial charge is 0.317 e. The summed E-state index contributed by atoms with van der Waals surface area (Å²) in [5.41, 5.74) is 1.35. The number of nitrogens with one attached hydrogen (secondary N) is 2. The fraction of sp³-hybridized carbons (Fsp3) is 0.357. The number of hydrogen-bond acceptors (Lipinski definition) is 6. The molecule has 3 aromatic rings. The highest BCUT2D eigenvalue weighted by Crippen LogP contribution is 2.22. The number of aromatic nitrogens is 1. The molecule has 9 nitrogen and oxygen atoms in total. The highest BCUT2D eigenvalue weighted by atomic mass is 16.5. The zero-order valence-corrected chi connectivity index (χ0v) is 21.5. The molecular formula is C28H34N4O5. The molecule has 1 heterocycles. The first-order chi connectivity index (χ1) is 17.8. The van der Waals surface area contributed by atoms with E-state index < -0.39 is 0 Å². The maximum Gasteiger partial charge on any atom is 0.317 e. The van der Waals surface area contributed by atoms with Crippen LogP contribution in [0.4, 0.5) is 10.6 Å². The minimum Gasteiger partial charge on any atom is -0.507 e. The molecule has 0 fully saturated rings. The van der Waals surface area contributed by atoms with E-state index in [0.29, 0.717) is 30.6 Å². The lowest BCUT2D eigenvalue weighted by atomic mass is 10.0. The molecule has 2 aromatic carbocycles. The topological polar surface area (TPSA) is 121 Å². The third-order valence-corrected chi connectivity index (χ3v) is 6.37. The van der Waals surface area contributed by atoms with Crippen LogP contribution in [0, 0.1) is 6.92 Å². The monoisotopic (exact) mass is 506 g/mol. The average molecular weight is 507 g/mol.